The molecular weight excluding hydrogens is 374 g/mol. The lowest BCUT2D eigenvalue weighted by Crippen LogP contribution is -2.38. The molecule has 0 fully saturated rings. The Morgan fingerprint density at radius 3 is 2.68 bits per heavy atom. The van der Waals surface area contributed by atoms with E-state index in [0.717, 1.165) is 36.2 Å². The van der Waals surface area contributed by atoms with E-state index >= 15 is 0 Å². The van der Waals surface area contributed by atoms with Crippen LogP contribution in [0.5, 0.6) is 0 Å². The molecule has 5 heteroatoms. The van der Waals surface area contributed by atoms with Crippen molar-refractivity contribution in [3.05, 3.63) is 57.4 Å². The minimum atomic E-state index is -0.498. The van der Waals surface area contributed by atoms with Gasteiger partial charge in [0.25, 0.3) is 0 Å². The Morgan fingerprint density at radius 1 is 1.29 bits per heavy atom. The number of carbonyl (C=O) groups is 2. The van der Waals surface area contributed by atoms with E-state index in [4.69, 9.17) is 16.3 Å². The number of rotatable bonds is 5. The van der Waals surface area contributed by atoms with Crippen LogP contribution >= 0.6 is 11.6 Å². The Kier molecular flexibility index (Phi) is 5.99. The van der Waals surface area contributed by atoms with Gasteiger partial charge < -0.3 is 10.1 Å². The molecule has 0 saturated heterocycles. The summed E-state index contributed by atoms with van der Waals surface area (Å²) in [6, 6.07) is 7.42. The molecule has 0 unspecified atom stereocenters. The molecule has 1 aliphatic heterocycles. The zero-order valence-corrected chi connectivity index (χ0v) is 17.8. The smallest absolute Gasteiger partial charge is 0.336 e. The number of allylic oxidation sites excluding steroid dienone is 3. The van der Waals surface area contributed by atoms with Crippen LogP contribution in [0.25, 0.3) is 0 Å². The molecule has 0 spiro atoms. The number of benzene rings is 1. The normalized spacial score (nSPS) is 21.3. The molecule has 1 atom stereocenters. The first kappa shape index (κ1) is 20.7. The number of halogens is 1. The van der Waals surface area contributed by atoms with Crippen LogP contribution in [-0.4, -0.2) is 18.4 Å². The lowest BCUT2D eigenvalue weighted by atomic mass is 9.68. The first-order valence-corrected chi connectivity index (χ1v) is 10.3. The van der Waals surface area contributed by atoms with E-state index in [1.807, 2.05) is 32.0 Å². The van der Waals surface area contributed by atoms with Crippen molar-refractivity contribution >= 4 is 23.4 Å². The van der Waals surface area contributed by atoms with Crippen LogP contribution in [0.1, 0.15) is 64.9 Å². The average molecular weight is 402 g/mol. The van der Waals surface area contributed by atoms with Crippen LogP contribution in [0, 0.1) is 5.41 Å². The maximum atomic E-state index is 13.2. The molecule has 150 valence electrons. The van der Waals surface area contributed by atoms with E-state index in [2.05, 4.69) is 19.2 Å². The summed E-state index contributed by atoms with van der Waals surface area (Å²) in [6.45, 7) is 8.47. The predicted molar refractivity (Wildman–Crippen MR) is 111 cm³/mol. The zero-order valence-electron chi connectivity index (χ0n) is 17.0. The molecule has 3 rings (SSSR count). The lowest BCUT2D eigenvalue weighted by Gasteiger charge is -2.39. The molecule has 0 radical (unpaired) electrons. The summed E-state index contributed by atoms with van der Waals surface area (Å²) in [4.78, 5) is 26.1. The summed E-state index contributed by atoms with van der Waals surface area (Å²) in [5.41, 5.74) is 3.42. The highest BCUT2D eigenvalue weighted by molar-refractivity contribution is 6.31. The minimum Gasteiger partial charge on any atom is -0.462 e. The van der Waals surface area contributed by atoms with Crippen LogP contribution < -0.4 is 5.32 Å². The standard InChI is InChI=1S/C23H28ClNO3/c1-5-6-11-28-22(27)19-14(2)25-17-12-23(3,4)13-18(26)21(17)20(19)15-9-7-8-10-16(15)24/h7-10,20,25H,5-6,11-13H2,1-4H3/t20-/m1/s1. The van der Waals surface area contributed by atoms with Crippen LogP contribution in [0.15, 0.2) is 46.8 Å². The van der Waals surface area contributed by atoms with Gasteiger partial charge in [-0.15, -0.1) is 0 Å². The van der Waals surface area contributed by atoms with E-state index < -0.39 is 5.92 Å². The van der Waals surface area contributed by atoms with E-state index in [1.54, 1.807) is 6.07 Å². The van der Waals surface area contributed by atoms with Crippen LogP contribution in [0.4, 0.5) is 0 Å². The summed E-state index contributed by atoms with van der Waals surface area (Å²) < 4.78 is 5.53. The van der Waals surface area contributed by atoms with Crippen molar-refractivity contribution < 1.29 is 14.3 Å². The van der Waals surface area contributed by atoms with Crippen molar-refractivity contribution in [3.63, 3.8) is 0 Å². The molecule has 1 heterocycles. The Hall–Kier alpha value is -2.07. The van der Waals surface area contributed by atoms with Crippen molar-refractivity contribution in [1.82, 2.24) is 5.32 Å². The number of dihydropyridines is 1. The molecule has 1 aromatic rings. The molecule has 1 N–H and O–H groups in total. The van der Waals surface area contributed by atoms with Gasteiger partial charge in [-0.25, -0.2) is 4.79 Å². The van der Waals surface area contributed by atoms with Crippen molar-refractivity contribution in [3.8, 4) is 0 Å². The second-order valence-electron chi connectivity index (χ2n) is 8.44. The molecule has 28 heavy (non-hydrogen) atoms. The summed E-state index contributed by atoms with van der Waals surface area (Å²) in [6.07, 6.45) is 2.96. The first-order chi connectivity index (χ1) is 13.2. The van der Waals surface area contributed by atoms with Crippen molar-refractivity contribution in [2.45, 2.75) is 59.3 Å². The summed E-state index contributed by atoms with van der Waals surface area (Å²) in [5, 5.41) is 3.89. The molecule has 4 nitrogen and oxygen atoms in total. The minimum absolute atomic E-state index is 0.0648. The van der Waals surface area contributed by atoms with Gasteiger partial charge in [0.05, 0.1) is 12.2 Å². The fraction of sp³-hybridized carbons (Fsp3) is 0.478. The molecule has 0 aromatic heterocycles. The van der Waals surface area contributed by atoms with Gasteiger partial charge in [-0.2, -0.15) is 0 Å². The van der Waals surface area contributed by atoms with Crippen molar-refractivity contribution in [2.24, 2.45) is 5.41 Å². The Labute approximate surface area is 172 Å². The third-order valence-corrected chi connectivity index (χ3v) is 5.75. The second-order valence-corrected chi connectivity index (χ2v) is 8.85. The Bertz CT molecular complexity index is 866. The molecule has 2 aliphatic rings. The highest BCUT2D eigenvalue weighted by Crippen LogP contribution is 2.47. The van der Waals surface area contributed by atoms with E-state index in [1.165, 1.54) is 0 Å². The second kappa shape index (κ2) is 8.12. The molecule has 0 amide bonds. The largest absolute Gasteiger partial charge is 0.462 e. The first-order valence-electron chi connectivity index (χ1n) is 9.90. The fourth-order valence-corrected chi connectivity index (χ4v) is 4.36. The van der Waals surface area contributed by atoms with Crippen LogP contribution in [0.2, 0.25) is 5.02 Å². The SMILES string of the molecule is CCCCOC(=O)C1=C(C)NC2=C(C(=O)CC(C)(C)C2)[C@@H]1c1ccccc1Cl. The Morgan fingerprint density at radius 2 is 2.00 bits per heavy atom. The number of unbranched alkanes of at least 4 members (excludes halogenated alkanes) is 1. The molecule has 1 aromatic carbocycles. The molecule has 0 bridgehead atoms. The summed E-state index contributed by atoms with van der Waals surface area (Å²) >= 11 is 6.51. The van der Waals surface area contributed by atoms with Crippen molar-refractivity contribution in [2.75, 3.05) is 6.61 Å². The molecule has 1 aliphatic carbocycles. The third kappa shape index (κ3) is 4.02. The Balaban J connectivity index is 2.11. The highest BCUT2D eigenvalue weighted by atomic mass is 35.5. The maximum Gasteiger partial charge on any atom is 0.336 e. The average Bonchev–Trinajstić information content (AvgIpc) is 2.60. The zero-order chi connectivity index (χ0) is 20.5. The number of hydrogen-bond donors (Lipinski definition) is 1. The summed E-state index contributed by atoms with van der Waals surface area (Å²) in [7, 11) is 0. The van der Waals surface area contributed by atoms with Gasteiger partial charge in [0, 0.05) is 34.3 Å². The van der Waals surface area contributed by atoms with E-state index in [-0.39, 0.29) is 17.2 Å². The number of esters is 1. The molecule has 0 saturated carbocycles. The lowest BCUT2D eigenvalue weighted by molar-refractivity contribution is -0.139. The highest BCUT2D eigenvalue weighted by Gasteiger charge is 2.43. The fourth-order valence-electron chi connectivity index (χ4n) is 4.11. The van der Waals surface area contributed by atoms with Gasteiger partial charge in [-0.3, -0.25) is 4.79 Å². The topological polar surface area (TPSA) is 55.4 Å². The number of ether oxygens (including phenoxy) is 1. The summed E-state index contributed by atoms with van der Waals surface area (Å²) in [5.74, 6) is -0.815. The third-order valence-electron chi connectivity index (χ3n) is 5.41. The molecular formula is C23H28ClNO3. The van der Waals surface area contributed by atoms with Crippen molar-refractivity contribution in [1.29, 1.82) is 0 Å². The number of carbonyl (C=O) groups excluding carboxylic acids is 2. The number of nitrogens with one attached hydrogen (secondary N) is 1. The van der Waals surface area contributed by atoms with Crippen LogP contribution in [0.3, 0.4) is 0 Å². The van der Waals surface area contributed by atoms with E-state index in [9.17, 15) is 9.59 Å². The predicted octanol–water partition coefficient (Wildman–Crippen LogP) is 5.29. The van der Waals surface area contributed by atoms with Gasteiger partial charge >= 0.3 is 5.97 Å². The number of hydrogen-bond acceptors (Lipinski definition) is 4. The van der Waals surface area contributed by atoms with Crippen LogP contribution in [-0.2, 0) is 14.3 Å². The maximum absolute atomic E-state index is 13.2. The quantitative estimate of drug-likeness (QED) is 0.538. The van der Waals surface area contributed by atoms with Gasteiger partial charge in [-0.1, -0.05) is 57.0 Å². The number of Topliss-reactive ketones (excluding diaryl/α,β-unsaturated/α-hetero) is 1. The monoisotopic (exact) mass is 401 g/mol. The van der Waals surface area contributed by atoms with Gasteiger partial charge in [0.1, 0.15) is 0 Å². The van der Waals surface area contributed by atoms with Gasteiger partial charge in [0.15, 0.2) is 5.78 Å². The van der Waals surface area contributed by atoms with Gasteiger partial charge in [-0.05, 0) is 36.8 Å². The van der Waals surface area contributed by atoms with E-state index in [0.29, 0.717) is 29.2 Å². The number of ketones is 1. The van der Waals surface area contributed by atoms with Gasteiger partial charge in [0.2, 0.25) is 0 Å².